The maximum atomic E-state index is 13.6. The van der Waals surface area contributed by atoms with Crippen LogP contribution in [0.4, 0.5) is 16.0 Å². The van der Waals surface area contributed by atoms with Crippen molar-refractivity contribution in [3.8, 4) is 0 Å². The zero-order valence-corrected chi connectivity index (χ0v) is 18.5. The van der Waals surface area contributed by atoms with E-state index in [0.29, 0.717) is 12.1 Å². The van der Waals surface area contributed by atoms with E-state index in [1.807, 2.05) is 23.7 Å². The predicted octanol–water partition coefficient (Wildman–Crippen LogP) is 3.25. The SMILES string of the molecule is Cc1cc2c(NCC3CCCCN3c3ccc(=O)n(Cc4cccc(F)c4)n3)nccn2n1. The van der Waals surface area contributed by atoms with Gasteiger partial charge >= 0.3 is 0 Å². The number of hydrogen-bond acceptors (Lipinski definition) is 6. The van der Waals surface area contributed by atoms with E-state index in [1.54, 1.807) is 24.4 Å². The molecule has 1 atom stereocenters. The van der Waals surface area contributed by atoms with Gasteiger partial charge in [0.15, 0.2) is 5.82 Å². The lowest BCUT2D eigenvalue weighted by Gasteiger charge is -2.37. The molecule has 8 nitrogen and oxygen atoms in total. The number of halogens is 1. The van der Waals surface area contributed by atoms with Gasteiger partial charge < -0.3 is 10.2 Å². The highest BCUT2D eigenvalue weighted by atomic mass is 19.1. The molecule has 1 fully saturated rings. The van der Waals surface area contributed by atoms with Crippen LogP contribution in [0.25, 0.3) is 5.52 Å². The Hall–Kier alpha value is -3.75. The first-order valence-electron chi connectivity index (χ1n) is 11.2. The first-order valence-corrected chi connectivity index (χ1v) is 11.2. The summed E-state index contributed by atoms with van der Waals surface area (Å²) in [5.74, 6) is 1.23. The predicted molar refractivity (Wildman–Crippen MR) is 125 cm³/mol. The lowest BCUT2D eigenvalue weighted by atomic mass is 10.0. The van der Waals surface area contributed by atoms with Crippen LogP contribution in [0.5, 0.6) is 0 Å². The summed E-state index contributed by atoms with van der Waals surface area (Å²) in [6.07, 6.45) is 6.79. The molecule has 5 rings (SSSR count). The molecule has 0 bridgehead atoms. The average molecular weight is 448 g/mol. The molecule has 1 N–H and O–H groups in total. The fourth-order valence-corrected chi connectivity index (χ4v) is 4.42. The molecule has 9 heteroatoms. The van der Waals surface area contributed by atoms with Gasteiger partial charge in [0.1, 0.15) is 17.2 Å². The minimum Gasteiger partial charge on any atom is -0.366 e. The average Bonchev–Trinajstić information content (AvgIpc) is 3.20. The maximum absolute atomic E-state index is 13.6. The van der Waals surface area contributed by atoms with E-state index in [4.69, 9.17) is 0 Å². The second-order valence-electron chi connectivity index (χ2n) is 8.43. The molecule has 0 spiro atoms. The number of benzene rings is 1. The van der Waals surface area contributed by atoms with Crippen molar-refractivity contribution in [3.63, 3.8) is 0 Å². The van der Waals surface area contributed by atoms with Crippen LogP contribution in [0.1, 0.15) is 30.5 Å². The number of aryl methyl sites for hydroxylation is 1. The van der Waals surface area contributed by atoms with Crippen molar-refractivity contribution in [1.29, 1.82) is 0 Å². The van der Waals surface area contributed by atoms with Gasteiger partial charge in [0.2, 0.25) is 0 Å². The Morgan fingerprint density at radius 3 is 2.94 bits per heavy atom. The molecule has 1 unspecified atom stereocenters. The van der Waals surface area contributed by atoms with Gasteiger partial charge in [-0.3, -0.25) is 4.79 Å². The maximum Gasteiger partial charge on any atom is 0.267 e. The second-order valence-corrected chi connectivity index (χ2v) is 8.43. The highest BCUT2D eigenvalue weighted by molar-refractivity contribution is 5.67. The van der Waals surface area contributed by atoms with Crippen molar-refractivity contribution in [3.05, 3.63) is 82.3 Å². The Balaban J connectivity index is 1.36. The molecule has 1 aromatic carbocycles. The molecular weight excluding hydrogens is 421 g/mol. The van der Waals surface area contributed by atoms with Gasteiger partial charge in [-0.05, 0) is 56.0 Å². The van der Waals surface area contributed by atoms with E-state index in [0.717, 1.165) is 48.7 Å². The lowest BCUT2D eigenvalue weighted by Crippen LogP contribution is -2.45. The van der Waals surface area contributed by atoms with Gasteiger partial charge in [-0.2, -0.15) is 10.2 Å². The summed E-state index contributed by atoms with van der Waals surface area (Å²) in [6, 6.07) is 11.8. The van der Waals surface area contributed by atoms with E-state index in [-0.39, 0.29) is 24.0 Å². The van der Waals surface area contributed by atoms with Crippen molar-refractivity contribution in [1.82, 2.24) is 24.4 Å². The van der Waals surface area contributed by atoms with Crippen LogP contribution in [0.2, 0.25) is 0 Å². The Morgan fingerprint density at radius 1 is 1.15 bits per heavy atom. The summed E-state index contributed by atoms with van der Waals surface area (Å²) >= 11 is 0. The topological polar surface area (TPSA) is 80.4 Å². The molecule has 0 aliphatic carbocycles. The van der Waals surface area contributed by atoms with Crippen molar-refractivity contribution >= 4 is 17.2 Å². The van der Waals surface area contributed by atoms with E-state index in [2.05, 4.69) is 25.4 Å². The molecule has 4 heterocycles. The summed E-state index contributed by atoms with van der Waals surface area (Å²) in [6.45, 7) is 3.75. The zero-order valence-electron chi connectivity index (χ0n) is 18.5. The van der Waals surface area contributed by atoms with Crippen molar-refractivity contribution in [2.45, 2.75) is 38.8 Å². The standard InChI is InChI=1S/C24H26FN7O/c1-17-13-21-24(26-10-12-31(21)28-17)27-15-20-7-2-3-11-30(20)22-8-9-23(33)32(29-22)16-18-5-4-6-19(25)14-18/h4-6,8-10,12-14,20H,2-3,7,11,15-16H2,1H3,(H,26,27). The number of nitrogens with one attached hydrogen (secondary N) is 1. The van der Waals surface area contributed by atoms with Crippen LogP contribution < -0.4 is 15.8 Å². The summed E-state index contributed by atoms with van der Waals surface area (Å²) in [4.78, 5) is 19.2. The third-order valence-electron chi connectivity index (χ3n) is 6.01. The molecule has 3 aromatic heterocycles. The lowest BCUT2D eigenvalue weighted by molar-refractivity contribution is 0.463. The van der Waals surface area contributed by atoms with Gasteiger partial charge in [-0.25, -0.2) is 18.6 Å². The smallest absolute Gasteiger partial charge is 0.267 e. The van der Waals surface area contributed by atoms with E-state index < -0.39 is 0 Å². The highest BCUT2D eigenvalue weighted by Gasteiger charge is 2.24. The molecule has 0 radical (unpaired) electrons. The van der Waals surface area contributed by atoms with Gasteiger partial charge in [0.05, 0.1) is 12.2 Å². The molecule has 0 saturated carbocycles. The minimum atomic E-state index is -0.323. The first-order chi connectivity index (χ1) is 16.1. The van der Waals surface area contributed by atoms with Gasteiger partial charge in [-0.1, -0.05) is 12.1 Å². The van der Waals surface area contributed by atoms with Crippen molar-refractivity contribution < 1.29 is 4.39 Å². The van der Waals surface area contributed by atoms with E-state index in [1.165, 1.54) is 22.9 Å². The van der Waals surface area contributed by atoms with Crippen LogP contribution in [0.15, 0.2) is 59.7 Å². The largest absolute Gasteiger partial charge is 0.366 e. The molecule has 4 aromatic rings. The third-order valence-corrected chi connectivity index (χ3v) is 6.01. The summed E-state index contributed by atoms with van der Waals surface area (Å²) < 4.78 is 16.8. The molecule has 1 aliphatic rings. The van der Waals surface area contributed by atoms with Crippen LogP contribution in [-0.4, -0.2) is 43.5 Å². The molecule has 170 valence electrons. The molecular formula is C24H26FN7O. The number of fused-ring (bicyclic) bond motifs is 1. The quantitative estimate of drug-likeness (QED) is 0.489. The number of rotatable bonds is 6. The van der Waals surface area contributed by atoms with Crippen LogP contribution in [0.3, 0.4) is 0 Å². The Labute approximate surface area is 190 Å². The normalized spacial score (nSPS) is 16.3. The monoisotopic (exact) mass is 447 g/mol. The number of piperidine rings is 1. The summed E-state index contributed by atoms with van der Waals surface area (Å²) in [5.41, 5.74) is 2.38. The second kappa shape index (κ2) is 9.01. The van der Waals surface area contributed by atoms with Gasteiger partial charge in [0, 0.05) is 37.6 Å². The number of nitrogens with zero attached hydrogens (tertiary/aromatic N) is 6. The van der Waals surface area contributed by atoms with E-state index in [9.17, 15) is 9.18 Å². The van der Waals surface area contributed by atoms with Crippen molar-refractivity contribution in [2.24, 2.45) is 0 Å². The highest BCUT2D eigenvalue weighted by Crippen LogP contribution is 2.24. The molecule has 1 saturated heterocycles. The summed E-state index contributed by atoms with van der Waals surface area (Å²) in [5, 5.41) is 12.6. The van der Waals surface area contributed by atoms with Gasteiger partial charge in [-0.15, -0.1) is 0 Å². The Bertz CT molecular complexity index is 1330. The minimum absolute atomic E-state index is 0.206. The number of hydrogen-bond donors (Lipinski definition) is 1. The first kappa shape index (κ1) is 21.1. The summed E-state index contributed by atoms with van der Waals surface area (Å²) in [7, 11) is 0. The van der Waals surface area contributed by atoms with Gasteiger partial charge in [0.25, 0.3) is 5.56 Å². The third kappa shape index (κ3) is 4.57. The number of aromatic nitrogens is 5. The van der Waals surface area contributed by atoms with E-state index >= 15 is 0 Å². The zero-order chi connectivity index (χ0) is 22.8. The van der Waals surface area contributed by atoms with Crippen LogP contribution in [-0.2, 0) is 6.54 Å². The molecule has 33 heavy (non-hydrogen) atoms. The van der Waals surface area contributed by atoms with Crippen LogP contribution >= 0.6 is 0 Å². The molecule has 0 amide bonds. The van der Waals surface area contributed by atoms with Crippen LogP contribution in [0, 0.1) is 12.7 Å². The fourth-order valence-electron chi connectivity index (χ4n) is 4.42. The van der Waals surface area contributed by atoms with Crippen molar-refractivity contribution in [2.75, 3.05) is 23.3 Å². The Morgan fingerprint density at radius 2 is 2.06 bits per heavy atom. The number of anilines is 2. The fraction of sp³-hybridized carbons (Fsp3) is 0.333. The molecule has 1 aliphatic heterocycles. The Kier molecular flexibility index (Phi) is 5.77.